The second kappa shape index (κ2) is 8.32. The van der Waals surface area contributed by atoms with Gasteiger partial charge in [0.2, 0.25) is 5.91 Å². The molecule has 2 aromatic carbocycles. The van der Waals surface area contributed by atoms with Crippen LogP contribution in [0.2, 0.25) is 5.02 Å². The summed E-state index contributed by atoms with van der Waals surface area (Å²) in [6.07, 6.45) is 2.95. The number of carbonyl (C=O) groups is 1. The second-order valence-electron chi connectivity index (χ2n) is 7.34. The summed E-state index contributed by atoms with van der Waals surface area (Å²) in [5.41, 5.74) is 5.04. The highest BCUT2D eigenvalue weighted by Gasteiger charge is 2.22. The summed E-state index contributed by atoms with van der Waals surface area (Å²) in [6, 6.07) is 10.2. The molecule has 0 radical (unpaired) electrons. The van der Waals surface area contributed by atoms with Crippen LogP contribution in [-0.4, -0.2) is 54.0 Å². The molecule has 1 fully saturated rings. The highest BCUT2D eigenvalue weighted by atomic mass is 35.5. The molecule has 7 heteroatoms. The van der Waals surface area contributed by atoms with E-state index < -0.39 is 0 Å². The molecule has 1 aromatic heterocycles. The van der Waals surface area contributed by atoms with Gasteiger partial charge in [-0.05, 0) is 48.4 Å². The van der Waals surface area contributed by atoms with Crippen molar-refractivity contribution in [3.8, 4) is 11.1 Å². The molecule has 0 spiro atoms. The summed E-state index contributed by atoms with van der Waals surface area (Å²) in [4.78, 5) is 24.9. The van der Waals surface area contributed by atoms with Crippen LogP contribution in [0.4, 0.5) is 11.5 Å². The van der Waals surface area contributed by atoms with E-state index in [1.807, 2.05) is 25.2 Å². The van der Waals surface area contributed by atoms with Crippen LogP contribution >= 0.6 is 11.6 Å². The van der Waals surface area contributed by atoms with Crippen molar-refractivity contribution in [3.63, 3.8) is 0 Å². The number of amides is 1. The van der Waals surface area contributed by atoms with E-state index in [1.165, 1.54) is 6.08 Å². The van der Waals surface area contributed by atoms with Crippen LogP contribution in [0.5, 0.6) is 0 Å². The van der Waals surface area contributed by atoms with Crippen molar-refractivity contribution in [3.05, 3.63) is 59.9 Å². The van der Waals surface area contributed by atoms with Gasteiger partial charge in [0.25, 0.3) is 0 Å². The predicted octanol–water partition coefficient (Wildman–Crippen LogP) is 4.13. The summed E-state index contributed by atoms with van der Waals surface area (Å²) in [7, 11) is 1.90. The maximum Gasteiger partial charge on any atom is 0.246 e. The molecule has 0 bridgehead atoms. The van der Waals surface area contributed by atoms with Crippen molar-refractivity contribution in [2.24, 2.45) is 0 Å². The van der Waals surface area contributed by atoms with Crippen LogP contribution in [0, 0.1) is 6.92 Å². The molecule has 1 amide bonds. The number of fused-ring (bicyclic) bond motifs is 1. The molecule has 6 nitrogen and oxygen atoms in total. The Balaban J connectivity index is 1.71. The fraction of sp³-hybridized carbons (Fsp3) is 0.261. The molecule has 0 aliphatic carbocycles. The number of aryl methyl sites for hydroxylation is 1. The molecule has 1 saturated heterocycles. The Morgan fingerprint density at radius 3 is 2.60 bits per heavy atom. The molecule has 154 valence electrons. The number of hydrogen-bond donors (Lipinski definition) is 1. The van der Waals surface area contributed by atoms with E-state index in [0.29, 0.717) is 31.2 Å². The van der Waals surface area contributed by atoms with Crippen molar-refractivity contribution < 1.29 is 4.79 Å². The number of aromatic nitrogens is 2. The zero-order valence-electron chi connectivity index (χ0n) is 17.2. The number of carbonyl (C=O) groups excluding carboxylic acids is 1. The van der Waals surface area contributed by atoms with Crippen LogP contribution in [0.15, 0.2) is 49.3 Å². The van der Waals surface area contributed by atoms with E-state index in [1.54, 1.807) is 11.2 Å². The summed E-state index contributed by atoms with van der Waals surface area (Å²) < 4.78 is 0. The third-order valence-corrected chi connectivity index (χ3v) is 5.90. The molecule has 0 unspecified atom stereocenters. The number of halogens is 1. The number of benzene rings is 2. The van der Waals surface area contributed by atoms with Gasteiger partial charge in [-0.1, -0.05) is 24.2 Å². The zero-order chi connectivity index (χ0) is 21.3. The third-order valence-electron chi connectivity index (χ3n) is 5.59. The van der Waals surface area contributed by atoms with Gasteiger partial charge < -0.3 is 15.1 Å². The first-order valence-electron chi connectivity index (χ1n) is 9.91. The molecule has 4 rings (SSSR count). The smallest absolute Gasteiger partial charge is 0.246 e. The Hall–Kier alpha value is -3.12. The largest absolute Gasteiger partial charge is 0.388 e. The minimum atomic E-state index is -0.0333. The minimum absolute atomic E-state index is 0.0333. The average molecular weight is 422 g/mol. The lowest BCUT2D eigenvalue weighted by atomic mass is 9.98. The van der Waals surface area contributed by atoms with Crippen LogP contribution in [0.1, 0.15) is 5.56 Å². The maximum absolute atomic E-state index is 11.9. The summed E-state index contributed by atoms with van der Waals surface area (Å²) in [6.45, 7) is 8.32. The van der Waals surface area contributed by atoms with Gasteiger partial charge in [-0.2, -0.15) is 0 Å². The SMILES string of the molecule is C=CC(=O)N1CCN(c2ncnc3cc(-c4cc(NC)ccc4C)c(Cl)cc23)CC1. The van der Waals surface area contributed by atoms with Gasteiger partial charge >= 0.3 is 0 Å². The van der Waals surface area contributed by atoms with Crippen molar-refractivity contribution >= 4 is 39.9 Å². The molecular weight excluding hydrogens is 398 g/mol. The first-order chi connectivity index (χ1) is 14.5. The number of nitrogens with one attached hydrogen (secondary N) is 1. The molecule has 1 aliphatic heterocycles. The van der Waals surface area contributed by atoms with Gasteiger partial charge in [0.15, 0.2) is 0 Å². The Kier molecular flexibility index (Phi) is 5.59. The Morgan fingerprint density at radius 1 is 1.13 bits per heavy atom. The fourth-order valence-electron chi connectivity index (χ4n) is 3.86. The third kappa shape index (κ3) is 3.71. The summed E-state index contributed by atoms with van der Waals surface area (Å²) in [5.74, 6) is 0.814. The number of nitrogens with zero attached hydrogens (tertiary/aromatic N) is 4. The molecule has 1 N–H and O–H groups in total. The van der Waals surface area contributed by atoms with Gasteiger partial charge in [-0.3, -0.25) is 4.79 Å². The predicted molar refractivity (Wildman–Crippen MR) is 123 cm³/mol. The number of rotatable bonds is 4. The lowest BCUT2D eigenvalue weighted by Crippen LogP contribution is -2.48. The van der Waals surface area contributed by atoms with E-state index in [2.05, 4.69) is 45.8 Å². The van der Waals surface area contributed by atoms with Crippen LogP contribution < -0.4 is 10.2 Å². The Morgan fingerprint density at radius 2 is 1.90 bits per heavy atom. The van der Waals surface area contributed by atoms with Crippen LogP contribution in [-0.2, 0) is 4.79 Å². The van der Waals surface area contributed by atoms with E-state index >= 15 is 0 Å². The highest BCUT2D eigenvalue weighted by Crippen LogP contribution is 2.37. The Labute approximate surface area is 181 Å². The minimum Gasteiger partial charge on any atom is -0.388 e. The van der Waals surface area contributed by atoms with Gasteiger partial charge in [-0.15, -0.1) is 0 Å². The standard InChI is InChI=1S/C23H24ClN5O/c1-4-22(30)28-7-9-29(10-8-28)23-19-12-20(24)18(13-21(19)26-14-27-23)17-11-16(25-3)6-5-15(17)2/h4-6,11-14,25H,1,7-10H2,2-3H3. The van der Waals surface area contributed by atoms with Crippen molar-refractivity contribution in [2.45, 2.75) is 6.92 Å². The summed E-state index contributed by atoms with van der Waals surface area (Å²) >= 11 is 6.74. The van der Waals surface area contributed by atoms with Gasteiger partial charge in [-0.25, -0.2) is 9.97 Å². The first-order valence-corrected chi connectivity index (χ1v) is 10.3. The van der Waals surface area contributed by atoms with Crippen LogP contribution in [0.3, 0.4) is 0 Å². The topological polar surface area (TPSA) is 61.4 Å². The first kappa shape index (κ1) is 20.2. The molecular formula is C23H24ClN5O. The number of hydrogen-bond acceptors (Lipinski definition) is 5. The molecule has 0 saturated carbocycles. The number of piperazine rings is 1. The molecule has 30 heavy (non-hydrogen) atoms. The number of anilines is 2. The van der Waals surface area contributed by atoms with Crippen LogP contribution in [0.25, 0.3) is 22.0 Å². The van der Waals surface area contributed by atoms with E-state index in [4.69, 9.17) is 11.6 Å². The van der Waals surface area contributed by atoms with Crippen molar-refractivity contribution in [1.29, 1.82) is 0 Å². The zero-order valence-corrected chi connectivity index (χ0v) is 17.9. The van der Waals surface area contributed by atoms with Gasteiger partial charge in [0.1, 0.15) is 12.1 Å². The van der Waals surface area contributed by atoms with E-state index in [0.717, 1.165) is 39.1 Å². The fourth-order valence-corrected chi connectivity index (χ4v) is 4.12. The molecule has 2 heterocycles. The average Bonchev–Trinajstić information content (AvgIpc) is 2.78. The van der Waals surface area contributed by atoms with Crippen molar-refractivity contribution in [2.75, 3.05) is 43.4 Å². The van der Waals surface area contributed by atoms with Gasteiger partial charge in [0, 0.05) is 54.9 Å². The highest BCUT2D eigenvalue weighted by molar-refractivity contribution is 6.34. The lowest BCUT2D eigenvalue weighted by molar-refractivity contribution is -0.126. The van der Waals surface area contributed by atoms with Crippen molar-refractivity contribution in [1.82, 2.24) is 14.9 Å². The lowest BCUT2D eigenvalue weighted by Gasteiger charge is -2.35. The molecule has 0 atom stereocenters. The Bertz CT molecular complexity index is 1120. The normalized spacial score (nSPS) is 14.1. The van der Waals surface area contributed by atoms with E-state index in [9.17, 15) is 4.79 Å². The molecule has 1 aliphatic rings. The monoisotopic (exact) mass is 421 g/mol. The molecule has 3 aromatic rings. The maximum atomic E-state index is 11.9. The summed E-state index contributed by atoms with van der Waals surface area (Å²) in [5, 5.41) is 4.76. The van der Waals surface area contributed by atoms with E-state index in [-0.39, 0.29) is 5.91 Å². The second-order valence-corrected chi connectivity index (χ2v) is 7.75. The quantitative estimate of drug-likeness (QED) is 0.641. The van der Waals surface area contributed by atoms with Gasteiger partial charge in [0.05, 0.1) is 5.52 Å².